The maximum atomic E-state index is 5.70. The molecule has 0 radical (unpaired) electrons. The number of hydrogen-bond acceptors (Lipinski definition) is 5. The highest BCUT2D eigenvalue weighted by Gasteiger charge is 2.03. The minimum Gasteiger partial charge on any atom is -0.397 e. The first kappa shape index (κ1) is 10.9. The van der Waals surface area contributed by atoms with E-state index in [0.717, 1.165) is 16.2 Å². The molecule has 0 spiro atoms. The van der Waals surface area contributed by atoms with E-state index in [1.54, 1.807) is 18.6 Å². The van der Waals surface area contributed by atoms with Gasteiger partial charge in [-0.25, -0.2) is 15.0 Å². The molecule has 0 unspecified atom stereocenters. The molecule has 82 valence electrons. The van der Waals surface area contributed by atoms with Crippen LogP contribution in [0.3, 0.4) is 0 Å². The molecule has 0 amide bonds. The largest absolute Gasteiger partial charge is 0.397 e. The molecular weight excluding hydrogens is 220 g/mol. The predicted octanol–water partition coefficient (Wildman–Crippen LogP) is 2.22. The van der Waals surface area contributed by atoms with Crippen LogP contribution in [0.25, 0.3) is 0 Å². The zero-order valence-electron chi connectivity index (χ0n) is 9.14. The zero-order chi connectivity index (χ0) is 11.5. The van der Waals surface area contributed by atoms with Gasteiger partial charge in [0.05, 0.1) is 11.9 Å². The fraction of sp³-hybridized carbons (Fsp3) is 0.182. The Balaban J connectivity index is 2.20. The van der Waals surface area contributed by atoms with Gasteiger partial charge in [0.2, 0.25) is 0 Å². The van der Waals surface area contributed by atoms with Crippen molar-refractivity contribution < 1.29 is 0 Å². The second-order valence-electron chi connectivity index (χ2n) is 3.52. The van der Waals surface area contributed by atoms with Gasteiger partial charge in [-0.05, 0) is 42.8 Å². The first-order valence-electron chi connectivity index (χ1n) is 4.84. The van der Waals surface area contributed by atoms with E-state index in [1.807, 2.05) is 19.9 Å². The Hall–Kier alpha value is -1.62. The highest BCUT2D eigenvalue weighted by atomic mass is 32.2. The van der Waals surface area contributed by atoms with Crippen LogP contribution < -0.4 is 5.73 Å². The van der Waals surface area contributed by atoms with Gasteiger partial charge in [-0.1, -0.05) is 0 Å². The molecule has 0 aliphatic rings. The van der Waals surface area contributed by atoms with Crippen molar-refractivity contribution in [1.29, 1.82) is 0 Å². The van der Waals surface area contributed by atoms with E-state index in [4.69, 9.17) is 5.73 Å². The van der Waals surface area contributed by atoms with Crippen LogP contribution in [0.5, 0.6) is 0 Å². The van der Waals surface area contributed by atoms with Gasteiger partial charge in [-0.3, -0.25) is 0 Å². The minimum atomic E-state index is 0.697. The van der Waals surface area contributed by atoms with E-state index in [9.17, 15) is 0 Å². The molecule has 0 saturated heterocycles. The second kappa shape index (κ2) is 4.49. The lowest BCUT2D eigenvalue weighted by Gasteiger charge is -2.02. The summed E-state index contributed by atoms with van der Waals surface area (Å²) in [5.41, 5.74) is 8.47. The van der Waals surface area contributed by atoms with Crippen molar-refractivity contribution in [2.24, 2.45) is 0 Å². The number of aromatic nitrogens is 3. The fourth-order valence-corrected chi connectivity index (χ4v) is 1.86. The highest BCUT2D eigenvalue weighted by Crippen LogP contribution is 2.24. The van der Waals surface area contributed by atoms with E-state index >= 15 is 0 Å². The lowest BCUT2D eigenvalue weighted by molar-refractivity contribution is 0.944. The van der Waals surface area contributed by atoms with Crippen LogP contribution in [0.2, 0.25) is 0 Å². The zero-order valence-corrected chi connectivity index (χ0v) is 9.95. The van der Waals surface area contributed by atoms with Gasteiger partial charge in [-0.2, -0.15) is 0 Å². The Kier molecular flexibility index (Phi) is 3.05. The molecule has 2 heterocycles. The third-order valence-electron chi connectivity index (χ3n) is 2.08. The SMILES string of the molecule is Cc1cnc(Sc2cc(C)c(N)cn2)nc1. The molecule has 0 saturated carbocycles. The van der Waals surface area contributed by atoms with Gasteiger partial charge in [0.15, 0.2) is 5.16 Å². The van der Waals surface area contributed by atoms with Crippen LogP contribution in [0.15, 0.2) is 34.8 Å². The van der Waals surface area contributed by atoms with Crippen LogP contribution in [0.1, 0.15) is 11.1 Å². The summed E-state index contributed by atoms with van der Waals surface area (Å²) in [6, 6.07) is 1.93. The summed E-state index contributed by atoms with van der Waals surface area (Å²) in [6.07, 6.45) is 5.24. The molecule has 0 fully saturated rings. The van der Waals surface area contributed by atoms with Gasteiger partial charge in [-0.15, -0.1) is 0 Å². The third kappa shape index (κ3) is 2.49. The van der Waals surface area contributed by atoms with Crippen LogP contribution >= 0.6 is 11.8 Å². The summed E-state index contributed by atoms with van der Waals surface area (Å²) in [5.74, 6) is 0. The van der Waals surface area contributed by atoms with Crippen molar-refractivity contribution in [2.45, 2.75) is 24.0 Å². The van der Waals surface area contributed by atoms with E-state index in [2.05, 4.69) is 15.0 Å². The molecule has 5 heteroatoms. The Labute approximate surface area is 98.3 Å². The number of nitrogen functional groups attached to an aromatic ring is 1. The molecule has 0 aromatic carbocycles. The standard InChI is InChI=1S/C11H12N4S/c1-7-4-14-11(15-5-7)16-10-3-8(2)9(12)6-13-10/h3-6H,12H2,1-2H3. The van der Waals surface area contributed by atoms with Gasteiger partial charge >= 0.3 is 0 Å². The van der Waals surface area contributed by atoms with E-state index in [0.29, 0.717) is 10.8 Å². The normalized spacial score (nSPS) is 10.4. The molecule has 2 aromatic rings. The van der Waals surface area contributed by atoms with E-state index in [1.165, 1.54) is 11.8 Å². The van der Waals surface area contributed by atoms with Crippen LogP contribution in [-0.4, -0.2) is 15.0 Å². The van der Waals surface area contributed by atoms with Crippen LogP contribution in [-0.2, 0) is 0 Å². The molecule has 2 N–H and O–H groups in total. The fourth-order valence-electron chi connectivity index (χ4n) is 1.12. The molecule has 0 aliphatic heterocycles. The minimum absolute atomic E-state index is 0.697. The van der Waals surface area contributed by atoms with Gasteiger partial charge < -0.3 is 5.73 Å². The number of anilines is 1. The van der Waals surface area contributed by atoms with Gasteiger partial charge in [0.1, 0.15) is 5.03 Å². The third-order valence-corrected chi connectivity index (χ3v) is 2.91. The van der Waals surface area contributed by atoms with Gasteiger partial charge in [0, 0.05) is 12.4 Å². The predicted molar refractivity (Wildman–Crippen MR) is 64.3 cm³/mol. The van der Waals surface area contributed by atoms with Crippen molar-refractivity contribution in [1.82, 2.24) is 15.0 Å². The summed E-state index contributed by atoms with van der Waals surface area (Å²) >= 11 is 1.43. The topological polar surface area (TPSA) is 64.7 Å². The second-order valence-corrected chi connectivity index (χ2v) is 4.51. The highest BCUT2D eigenvalue weighted by molar-refractivity contribution is 7.99. The molecule has 2 aromatic heterocycles. The number of aryl methyl sites for hydroxylation is 2. The summed E-state index contributed by atoms with van der Waals surface area (Å²) in [7, 11) is 0. The first-order valence-corrected chi connectivity index (χ1v) is 5.65. The number of pyridine rings is 1. The van der Waals surface area contributed by atoms with E-state index < -0.39 is 0 Å². The molecular formula is C11H12N4S. The lowest BCUT2D eigenvalue weighted by Crippen LogP contribution is -1.93. The van der Waals surface area contributed by atoms with Crippen molar-refractivity contribution in [2.75, 3.05) is 5.73 Å². The van der Waals surface area contributed by atoms with Crippen molar-refractivity contribution in [3.8, 4) is 0 Å². The quantitative estimate of drug-likeness (QED) is 0.804. The average Bonchev–Trinajstić information content (AvgIpc) is 2.27. The number of rotatable bonds is 2. The monoisotopic (exact) mass is 232 g/mol. The first-order chi connectivity index (χ1) is 7.65. The lowest BCUT2D eigenvalue weighted by atomic mass is 10.3. The summed E-state index contributed by atoms with van der Waals surface area (Å²) in [6.45, 7) is 3.91. The molecule has 4 nitrogen and oxygen atoms in total. The molecule has 16 heavy (non-hydrogen) atoms. The number of hydrogen-bond donors (Lipinski definition) is 1. The molecule has 0 aliphatic carbocycles. The summed E-state index contributed by atoms with van der Waals surface area (Å²) in [4.78, 5) is 12.6. The molecule has 2 rings (SSSR count). The Morgan fingerprint density at radius 3 is 2.38 bits per heavy atom. The average molecular weight is 232 g/mol. The summed E-state index contributed by atoms with van der Waals surface area (Å²) < 4.78 is 0. The molecule has 0 bridgehead atoms. The smallest absolute Gasteiger partial charge is 0.193 e. The number of nitrogens with zero attached hydrogens (tertiary/aromatic N) is 3. The van der Waals surface area contributed by atoms with Gasteiger partial charge in [0.25, 0.3) is 0 Å². The van der Waals surface area contributed by atoms with Crippen molar-refractivity contribution in [3.63, 3.8) is 0 Å². The number of nitrogens with two attached hydrogens (primary N) is 1. The van der Waals surface area contributed by atoms with Crippen LogP contribution in [0.4, 0.5) is 5.69 Å². The molecule has 0 atom stereocenters. The van der Waals surface area contributed by atoms with Crippen molar-refractivity contribution >= 4 is 17.4 Å². The Morgan fingerprint density at radius 1 is 1.06 bits per heavy atom. The Bertz CT molecular complexity index is 496. The van der Waals surface area contributed by atoms with Crippen LogP contribution in [0, 0.1) is 13.8 Å². The summed E-state index contributed by atoms with van der Waals surface area (Å²) in [5, 5.41) is 1.55. The Morgan fingerprint density at radius 2 is 1.75 bits per heavy atom. The van der Waals surface area contributed by atoms with E-state index in [-0.39, 0.29) is 0 Å². The maximum Gasteiger partial charge on any atom is 0.193 e. The maximum absolute atomic E-state index is 5.70. The van der Waals surface area contributed by atoms with Crippen molar-refractivity contribution in [3.05, 3.63) is 35.8 Å².